The van der Waals surface area contributed by atoms with Crippen molar-refractivity contribution in [2.75, 3.05) is 5.75 Å². The van der Waals surface area contributed by atoms with Gasteiger partial charge < -0.3 is 10.1 Å². The Morgan fingerprint density at radius 3 is 2.17 bits per heavy atom. The molecule has 1 amide bonds. The molecule has 7 heteroatoms. The Kier molecular flexibility index (Phi) is 6.09. The Bertz CT molecular complexity index is 369. The Labute approximate surface area is 109 Å². The largest absolute Gasteiger partial charge is 0.444 e. The van der Waals surface area contributed by atoms with Gasteiger partial charge in [0.25, 0.3) is 10.1 Å². The van der Waals surface area contributed by atoms with Crippen LogP contribution in [0.3, 0.4) is 0 Å². The van der Waals surface area contributed by atoms with Crippen LogP contribution < -0.4 is 5.32 Å². The molecule has 0 saturated carbocycles. The van der Waals surface area contributed by atoms with Crippen LogP contribution >= 0.6 is 0 Å². The molecule has 0 aliphatic carbocycles. The fraction of sp³-hybridized carbons (Fsp3) is 0.909. The normalized spacial score (nSPS) is 14.4. The van der Waals surface area contributed by atoms with Gasteiger partial charge >= 0.3 is 6.09 Å². The number of ether oxygens (including phenoxy) is 1. The van der Waals surface area contributed by atoms with Crippen molar-refractivity contribution < 1.29 is 22.5 Å². The maximum atomic E-state index is 11.5. The van der Waals surface area contributed by atoms with Crippen molar-refractivity contribution in [2.45, 2.75) is 52.7 Å². The van der Waals surface area contributed by atoms with Crippen molar-refractivity contribution in [2.24, 2.45) is 5.92 Å². The predicted molar refractivity (Wildman–Crippen MR) is 69.0 cm³/mol. The van der Waals surface area contributed by atoms with Gasteiger partial charge in [-0.15, -0.1) is 0 Å². The van der Waals surface area contributed by atoms with Crippen LogP contribution in [0.1, 0.15) is 41.0 Å². The second-order valence-electron chi connectivity index (χ2n) is 5.72. The summed E-state index contributed by atoms with van der Waals surface area (Å²) < 4.78 is 35.6. The van der Waals surface area contributed by atoms with Crippen LogP contribution in [0, 0.1) is 5.92 Å². The molecule has 108 valence electrons. The molecule has 2 N–H and O–H groups in total. The summed E-state index contributed by atoms with van der Waals surface area (Å²) in [5, 5.41) is 2.46. The molecule has 0 aliphatic heterocycles. The van der Waals surface area contributed by atoms with E-state index in [-0.39, 0.29) is 5.92 Å². The number of alkyl carbamates (subject to hydrolysis) is 1. The van der Waals surface area contributed by atoms with E-state index in [4.69, 9.17) is 9.29 Å². The summed E-state index contributed by atoms with van der Waals surface area (Å²) >= 11 is 0. The molecule has 0 radical (unpaired) electrons. The van der Waals surface area contributed by atoms with Crippen molar-refractivity contribution >= 4 is 16.2 Å². The Morgan fingerprint density at radius 1 is 1.33 bits per heavy atom. The number of hydrogen-bond donors (Lipinski definition) is 2. The fourth-order valence-corrected chi connectivity index (χ4v) is 2.19. The Balaban J connectivity index is 4.55. The Hall–Kier alpha value is -0.820. The number of hydrogen-bond acceptors (Lipinski definition) is 4. The monoisotopic (exact) mass is 281 g/mol. The lowest BCUT2D eigenvalue weighted by Gasteiger charge is -2.23. The first-order valence-corrected chi connectivity index (χ1v) is 7.44. The third-order valence-electron chi connectivity index (χ3n) is 1.89. The zero-order valence-corrected chi connectivity index (χ0v) is 12.4. The van der Waals surface area contributed by atoms with Crippen LogP contribution in [0.25, 0.3) is 0 Å². The van der Waals surface area contributed by atoms with E-state index in [1.807, 2.05) is 13.8 Å². The van der Waals surface area contributed by atoms with Crippen LogP contribution in [-0.2, 0) is 14.9 Å². The van der Waals surface area contributed by atoms with Crippen LogP contribution in [0.5, 0.6) is 0 Å². The minimum atomic E-state index is -4.13. The third kappa shape index (κ3) is 10.3. The highest BCUT2D eigenvalue weighted by Crippen LogP contribution is 2.10. The number of rotatable bonds is 5. The summed E-state index contributed by atoms with van der Waals surface area (Å²) in [5.41, 5.74) is -0.648. The molecular weight excluding hydrogens is 258 g/mol. The molecule has 6 nitrogen and oxygen atoms in total. The van der Waals surface area contributed by atoms with E-state index in [0.29, 0.717) is 6.42 Å². The van der Waals surface area contributed by atoms with Crippen molar-refractivity contribution in [1.29, 1.82) is 0 Å². The summed E-state index contributed by atoms with van der Waals surface area (Å²) in [7, 11) is -4.13. The molecule has 0 aromatic heterocycles. The lowest BCUT2D eigenvalue weighted by Crippen LogP contribution is -2.43. The van der Waals surface area contributed by atoms with Crippen LogP contribution in [0.2, 0.25) is 0 Å². The topological polar surface area (TPSA) is 92.7 Å². The summed E-state index contributed by atoms with van der Waals surface area (Å²) in [6.07, 6.45) is -0.240. The predicted octanol–water partition coefficient (Wildman–Crippen LogP) is 1.81. The minimum absolute atomic E-state index is 0.187. The van der Waals surface area contributed by atoms with E-state index in [9.17, 15) is 13.2 Å². The van der Waals surface area contributed by atoms with Gasteiger partial charge in [-0.2, -0.15) is 8.42 Å². The van der Waals surface area contributed by atoms with Gasteiger partial charge in [0.1, 0.15) is 5.60 Å². The van der Waals surface area contributed by atoms with Gasteiger partial charge in [-0.1, -0.05) is 13.8 Å². The van der Waals surface area contributed by atoms with E-state index in [1.54, 1.807) is 20.8 Å². The molecule has 1 atom stereocenters. The molecule has 1 unspecified atom stereocenters. The van der Waals surface area contributed by atoms with Crippen LogP contribution in [0.4, 0.5) is 4.79 Å². The van der Waals surface area contributed by atoms with Gasteiger partial charge in [0.05, 0.1) is 5.75 Å². The zero-order valence-electron chi connectivity index (χ0n) is 11.6. The number of carbonyl (C=O) groups is 1. The molecule has 0 spiro atoms. The second kappa shape index (κ2) is 6.38. The highest BCUT2D eigenvalue weighted by atomic mass is 32.2. The highest BCUT2D eigenvalue weighted by molar-refractivity contribution is 7.85. The summed E-state index contributed by atoms with van der Waals surface area (Å²) in [6, 6.07) is -0.658. The van der Waals surface area contributed by atoms with Gasteiger partial charge in [-0.25, -0.2) is 4.79 Å². The molecule has 0 bridgehead atoms. The first-order chi connectivity index (χ1) is 7.89. The second-order valence-corrected chi connectivity index (χ2v) is 7.22. The SMILES string of the molecule is CC(C)CC(CS(=O)(=O)O)NC(=O)OC(C)(C)C. The third-order valence-corrected chi connectivity index (χ3v) is 2.71. The van der Waals surface area contributed by atoms with Gasteiger partial charge in [0.15, 0.2) is 0 Å². The molecule has 0 fully saturated rings. The van der Waals surface area contributed by atoms with E-state index in [0.717, 1.165) is 0 Å². The lowest BCUT2D eigenvalue weighted by molar-refractivity contribution is 0.0504. The molecule has 0 saturated heterocycles. The number of nitrogens with one attached hydrogen (secondary N) is 1. The van der Waals surface area contributed by atoms with Gasteiger partial charge in [0.2, 0.25) is 0 Å². The summed E-state index contributed by atoms with van der Waals surface area (Å²) in [5.74, 6) is -0.323. The van der Waals surface area contributed by atoms with Crippen LogP contribution in [0.15, 0.2) is 0 Å². The van der Waals surface area contributed by atoms with Gasteiger partial charge in [-0.05, 0) is 33.1 Å². The van der Waals surface area contributed by atoms with Gasteiger partial charge in [-0.3, -0.25) is 4.55 Å². The van der Waals surface area contributed by atoms with Crippen LogP contribution in [-0.4, -0.2) is 36.5 Å². The Morgan fingerprint density at radius 2 is 1.83 bits per heavy atom. The molecule has 0 heterocycles. The maximum Gasteiger partial charge on any atom is 0.407 e. The molecule has 18 heavy (non-hydrogen) atoms. The zero-order chi connectivity index (χ0) is 14.6. The molecule has 0 rings (SSSR count). The number of carbonyl (C=O) groups excluding carboxylic acids is 1. The number of amides is 1. The maximum absolute atomic E-state index is 11.5. The first kappa shape index (κ1) is 17.2. The highest BCUT2D eigenvalue weighted by Gasteiger charge is 2.23. The quantitative estimate of drug-likeness (QED) is 0.750. The average molecular weight is 281 g/mol. The first-order valence-electron chi connectivity index (χ1n) is 5.84. The van der Waals surface area contributed by atoms with Crippen molar-refractivity contribution in [3.05, 3.63) is 0 Å². The molecule has 0 aromatic carbocycles. The molecular formula is C11H23NO5S. The van der Waals surface area contributed by atoms with E-state index < -0.39 is 33.6 Å². The van der Waals surface area contributed by atoms with Gasteiger partial charge in [0, 0.05) is 6.04 Å². The minimum Gasteiger partial charge on any atom is -0.444 e. The van der Waals surface area contributed by atoms with Crippen molar-refractivity contribution in [3.63, 3.8) is 0 Å². The summed E-state index contributed by atoms with van der Waals surface area (Å²) in [6.45, 7) is 8.94. The van der Waals surface area contributed by atoms with E-state index in [1.165, 1.54) is 0 Å². The standard InChI is InChI=1S/C11H23NO5S/c1-8(2)6-9(7-18(14,15)16)12-10(13)17-11(3,4)5/h8-9H,6-7H2,1-5H3,(H,12,13)(H,14,15,16). The van der Waals surface area contributed by atoms with Crippen molar-refractivity contribution in [1.82, 2.24) is 5.32 Å². The van der Waals surface area contributed by atoms with E-state index >= 15 is 0 Å². The lowest BCUT2D eigenvalue weighted by atomic mass is 10.1. The van der Waals surface area contributed by atoms with E-state index in [2.05, 4.69) is 5.32 Å². The smallest absolute Gasteiger partial charge is 0.407 e. The molecule has 0 aromatic rings. The fourth-order valence-electron chi connectivity index (χ4n) is 1.47. The molecule has 0 aliphatic rings. The van der Waals surface area contributed by atoms with Crippen molar-refractivity contribution in [3.8, 4) is 0 Å². The average Bonchev–Trinajstić information content (AvgIpc) is 1.92. The summed E-state index contributed by atoms with van der Waals surface area (Å²) in [4.78, 5) is 11.5.